The molecule has 17 heavy (non-hydrogen) atoms. The van der Waals surface area contributed by atoms with E-state index in [1.807, 2.05) is 13.0 Å². The van der Waals surface area contributed by atoms with Gasteiger partial charge in [0.05, 0.1) is 0 Å². The molecule has 1 saturated carbocycles. The fourth-order valence-corrected chi connectivity index (χ4v) is 1.93. The second kappa shape index (κ2) is 4.96. The molecule has 1 amide bonds. The van der Waals surface area contributed by atoms with Gasteiger partial charge in [-0.3, -0.25) is 4.79 Å². The summed E-state index contributed by atoms with van der Waals surface area (Å²) in [4.78, 5) is 13.5. The lowest BCUT2D eigenvalue weighted by molar-refractivity contribution is -0.116. The van der Waals surface area contributed by atoms with E-state index in [1.165, 1.54) is 12.8 Å². The molecule has 0 aliphatic heterocycles. The average molecular weight is 254 g/mol. The zero-order valence-corrected chi connectivity index (χ0v) is 10.6. The van der Waals surface area contributed by atoms with Crippen LogP contribution < -0.4 is 4.90 Å². The normalized spacial score (nSPS) is 14.7. The molecule has 2 rings (SSSR count). The van der Waals surface area contributed by atoms with Gasteiger partial charge in [-0.15, -0.1) is 11.6 Å². The first-order valence-corrected chi connectivity index (χ1v) is 6.31. The molecule has 0 bridgehead atoms. The van der Waals surface area contributed by atoms with E-state index in [0.29, 0.717) is 5.92 Å². The number of carbonyl (C=O) groups excluding carboxylic acids is 1. The molecular weight excluding hydrogens is 238 g/mol. The Morgan fingerprint density at radius 3 is 2.76 bits per heavy atom. The minimum absolute atomic E-state index is 0.00730. The van der Waals surface area contributed by atoms with Gasteiger partial charge in [-0.1, -0.05) is 0 Å². The highest BCUT2D eigenvalue weighted by Crippen LogP contribution is 2.32. The Morgan fingerprint density at radius 1 is 1.53 bits per heavy atom. The van der Waals surface area contributed by atoms with Gasteiger partial charge in [-0.25, -0.2) is 0 Å². The fraction of sp³-hybridized carbons (Fsp3) is 0.462. The highest BCUT2D eigenvalue weighted by molar-refractivity contribution is 6.29. The molecule has 3 nitrogen and oxygen atoms in total. The van der Waals surface area contributed by atoms with Crippen LogP contribution in [0.25, 0.3) is 0 Å². The average Bonchev–Trinajstić information content (AvgIpc) is 3.13. The number of hydrogen-bond donors (Lipinski definition) is 1. The van der Waals surface area contributed by atoms with Crippen molar-refractivity contribution in [2.24, 2.45) is 5.92 Å². The third kappa shape index (κ3) is 2.91. The van der Waals surface area contributed by atoms with Gasteiger partial charge in [0.25, 0.3) is 0 Å². The molecule has 0 heterocycles. The first kappa shape index (κ1) is 12.2. The molecule has 1 N–H and O–H groups in total. The highest BCUT2D eigenvalue weighted by Gasteiger charge is 2.27. The number of rotatable bonds is 4. The number of alkyl halides is 1. The van der Waals surface area contributed by atoms with Crippen molar-refractivity contribution in [3.05, 3.63) is 23.8 Å². The number of benzene rings is 1. The molecule has 1 fully saturated rings. The third-order valence-electron chi connectivity index (χ3n) is 3.05. The van der Waals surface area contributed by atoms with Gasteiger partial charge in [0.1, 0.15) is 11.6 Å². The van der Waals surface area contributed by atoms with E-state index in [4.69, 9.17) is 11.6 Å². The molecule has 0 atom stereocenters. The van der Waals surface area contributed by atoms with E-state index < -0.39 is 0 Å². The summed E-state index contributed by atoms with van der Waals surface area (Å²) in [6.45, 7) is 2.55. The number of phenolic OH excluding ortho intramolecular Hbond substituents is 1. The summed E-state index contributed by atoms with van der Waals surface area (Å²) in [5.74, 6) is 0.769. The van der Waals surface area contributed by atoms with Gasteiger partial charge < -0.3 is 10.0 Å². The van der Waals surface area contributed by atoms with E-state index in [2.05, 4.69) is 0 Å². The number of carbonyl (C=O) groups is 1. The fourth-order valence-electron chi connectivity index (χ4n) is 1.79. The minimum Gasteiger partial charge on any atom is -0.508 e. The van der Waals surface area contributed by atoms with Crippen LogP contribution in [-0.2, 0) is 4.79 Å². The van der Waals surface area contributed by atoms with Crippen molar-refractivity contribution >= 4 is 23.2 Å². The van der Waals surface area contributed by atoms with Crippen LogP contribution in [0.1, 0.15) is 18.4 Å². The standard InChI is InChI=1S/C13H16ClNO2/c1-9-6-11(4-5-12(9)16)15(13(17)7-14)8-10-2-3-10/h4-6,10,16H,2-3,7-8H2,1H3. The maximum Gasteiger partial charge on any atom is 0.241 e. The number of aromatic hydroxyl groups is 1. The first-order valence-electron chi connectivity index (χ1n) is 5.77. The number of nitrogens with zero attached hydrogens (tertiary/aromatic N) is 1. The van der Waals surface area contributed by atoms with Crippen LogP contribution in [0.5, 0.6) is 5.75 Å². The van der Waals surface area contributed by atoms with Crippen LogP contribution in [0.15, 0.2) is 18.2 Å². The van der Waals surface area contributed by atoms with Crippen LogP contribution >= 0.6 is 11.6 Å². The Morgan fingerprint density at radius 2 is 2.24 bits per heavy atom. The van der Waals surface area contributed by atoms with Gasteiger partial charge in [0.15, 0.2) is 0 Å². The molecule has 92 valence electrons. The number of anilines is 1. The number of hydrogen-bond acceptors (Lipinski definition) is 2. The second-order valence-electron chi connectivity index (χ2n) is 4.55. The first-order chi connectivity index (χ1) is 8.11. The summed E-state index contributed by atoms with van der Waals surface area (Å²) >= 11 is 5.63. The number of phenols is 1. The number of amides is 1. The van der Waals surface area contributed by atoms with Gasteiger partial charge in [0, 0.05) is 12.2 Å². The molecule has 1 aromatic carbocycles. The van der Waals surface area contributed by atoms with Crippen LogP contribution in [0.4, 0.5) is 5.69 Å². The van der Waals surface area contributed by atoms with Crippen molar-refractivity contribution in [3.63, 3.8) is 0 Å². The predicted molar refractivity (Wildman–Crippen MR) is 68.6 cm³/mol. The van der Waals surface area contributed by atoms with E-state index in [9.17, 15) is 9.90 Å². The monoisotopic (exact) mass is 253 g/mol. The molecule has 0 unspecified atom stereocenters. The van der Waals surface area contributed by atoms with Crippen LogP contribution in [0.3, 0.4) is 0 Å². The Kier molecular flexibility index (Phi) is 3.57. The van der Waals surface area contributed by atoms with Gasteiger partial charge in [-0.05, 0) is 49.4 Å². The molecule has 1 aliphatic carbocycles. The highest BCUT2D eigenvalue weighted by atomic mass is 35.5. The Hall–Kier alpha value is -1.22. The maximum absolute atomic E-state index is 11.8. The van der Waals surface area contributed by atoms with Crippen LogP contribution in [0, 0.1) is 12.8 Å². The van der Waals surface area contributed by atoms with E-state index in [0.717, 1.165) is 17.8 Å². The largest absolute Gasteiger partial charge is 0.508 e. The van der Waals surface area contributed by atoms with E-state index in [1.54, 1.807) is 17.0 Å². The topological polar surface area (TPSA) is 40.5 Å². The predicted octanol–water partition coefficient (Wildman–Crippen LogP) is 2.68. The Labute approximate surface area is 106 Å². The summed E-state index contributed by atoms with van der Waals surface area (Å²) in [5.41, 5.74) is 1.59. The van der Waals surface area contributed by atoms with Crippen molar-refractivity contribution in [1.82, 2.24) is 0 Å². The molecule has 0 saturated heterocycles. The zero-order valence-electron chi connectivity index (χ0n) is 9.82. The van der Waals surface area contributed by atoms with Crippen molar-refractivity contribution < 1.29 is 9.90 Å². The Balaban J connectivity index is 2.23. The Bertz CT molecular complexity index is 429. The molecule has 4 heteroatoms. The third-order valence-corrected chi connectivity index (χ3v) is 3.27. The molecular formula is C13H16ClNO2. The van der Waals surface area contributed by atoms with Crippen LogP contribution in [-0.4, -0.2) is 23.4 Å². The smallest absolute Gasteiger partial charge is 0.241 e. The van der Waals surface area contributed by atoms with Gasteiger partial charge in [0.2, 0.25) is 5.91 Å². The summed E-state index contributed by atoms with van der Waals surface area (Å²) < 4.78 is 0. The van der Waals surface area contributed by atoms with Crippen molar-refractivity contribution in [3.8, 4) is 5.75 Å². The van der Waals surface area contributed by atoms with Crippen molar-refractivity contribution in [2.45, 2.75) is 19.8 Å². The van der Waals surface area contributed by atoms with Gasteiger partial charge in [-0.2, -0.15) is 0 Å². The lowest BCUT2D eigenvalue weighted by Crippen LogP contribution is -2.33. The molecule has 0 aromatic heterocycles. The summed E-state index contributed by atoms with van der Waals surface area (Å²) in [6.07, 6.45) is 2.37. The number of halogens is 1. The maximum atomic E-state index is 11.8. The summed E-state index contributed by atoms with van der Waals surface area (Å²) in [5, 5.41) is 9.49. The van der Waals surface area contributed by atoms with Crippen LogP contribution in [0.2, 0.25) is 0 Å². The molecule has 0 radical (unpaired) electrons. The molecule has 0 spiro atoms. The minimum atomic E-state index is -0.0799. The van der Waals surface area contributed by atoms with Gasteiger partial charge >= 0.3 is 0 Å². The SMILES string of the molecule is Cc1cc(N(CC2CC2)C(=O)CCl)ccc1O. The van der Waals surface area contributed by atoms with Crippen molar-refractivity contribution in [2.75, 3.05) is 17.3 Å². The number of aryl methyl sites for hydroxylation is 1. The van der Waals surface area contributed by atoms with Crippen molar-refractivity contribution in [1.29, 1.82) is 0 Å². The zero-order chi connectivity index (χ0) is 12.4. The lowest BCUT2D eigenvalue weighted by atomic mass is 10.1. The molecule has 1 aromatic rings. The second-order valence-corrected chi connectivity index (χ2v) is 4.82. The summed E-state index contributed by atoms with van der Waals surface area (Å²) in [6, 6.07) is 5.20. The lowest BCUT2D eigenvalue weighted by Gasteiger charge is -2.22. The van der Waals surface area contributed by atoms with E-state index in [-0.39, 0.29) is 17.5 Å². The quantitative estimate of drug-likeness (QED) is 0.839. The van der Waals surface area contributed by atoms with E-state index >= 15 is 0 Å². The summed E-state index contributed by atoms with van der Waals surface area (Å²) in [7, 11) is 0. The molecule has 1 aliphatic rings.